The van der Waals surface area contributed by atoms with E-state index in [1.165, 1.54) is 11.3 Å². The normalized spacial score (nSPS) is 11.1. The van der Waals surface area contributed by atoms with Crippen molar-refractivity contribution < 1.29 is 4.79 Å². The molecule has 1 aromatic carbocycles. The Balaban J connectivity index is 1.39. The molecule has 0 saturated carbocycles. The number of aryl methyl sites for hydroxylation is 1. The van der Waals surface area contributed by atoms with Crippen molar-refractivity contribution in [1.29, 1.82) is 0 Å². The van der Waals surface area contributed by atoms with E-state index in [0.29, 0.717) is 28.7 Å². The van der Waals surface area contributed by atoms with Crippen molar-refractivity contribution in [2.75, 3.05) is 5.32 Å². The Hall–Kier alpha value is -2.42. The molecule has 0 spiro atoms. The number of rotatable bonds is 6. The largest absolute Gasteiger partial charge is 0.319 e. The molecule has 0 aliphatic heterocycles. The smallest absolute Gasteiger partial charge is 0.265 e. The van der Waals surface area contributed by atoms with Gasteiger partial charge in [0.05, 0.1) is 46.3 Å². The number of aromatic nitrogens is 4. The zero-order valence-corrected chi connectivity index (χ0v) is 19.6. The molecule has 0 aliphatic carbocycles. The molecule has 0 aliphatic rings. The average Bonchev–Trinajstić information content (AvgIpc) is 3.42. The van der Waals surface area contributed by atoms with Crippen molar-refractivity contribution in [1.82, 2.24) is 19.6 Å². The van der Waals surface area contributed by atoms with E-state index in [2.05, 4.69) is 31.4 Å². The van der Waals surface area contributed by atoms with Crippen LogP contribution >= 0.6 is 38.9 Å². The van der Waals surface area contributed by atoms with E-state index in [4.69, 9.17) is 11.6 Å². The lowest BCUT2D eigenvalue weighted by molar-refractivity contribution is 0.103. The van der Waals surface area contributed by atoms with Gasteiger partial charge in [-0.3, -0.25) is 14.2 Å². The van der Waals surface area contributed by atoms with Crippen molar-refractivity contribution in [2.24, 2.45) is 0 Å². The second-order valence-corrected chi connectivity index (χ2v) is 9.17. The highest BCUT2D eigenvalue weighted by atomic mass is 79.9. The molecule has 0 bridgehead atoms. The van der Waals surface area contributed by atoms with Gasteiger partial charge in [-0.05, 0) is 48.6 Å². The number of amides is 1. The van der Waals surface area contributed by atoms with Gasteiger partial charge in [-0.2, -0.15) is 10.2 Å². The molecule has 154 valence electrons. The van der Waals surface area contributed by atoms with Crippen LogP contribution in [0.15, 0.2) is 52.6 Å². The molecule has 6 nitrogen and oxygen atoms in total. The number of hydrogen-bond acceptors (Lipinski definition) is 4. The predicted molar refractivity (Wildman–Crippen MR) is 124 cm³/mol. The lowest BCUT2D eigenvalue weighted by atomic mass is 10.2. The summed E-state index contributed by atoms with van der Waals surface area (Å²) < 4.78 is 4.69. The molecule has 0 saturated heterocycles. The molecule has 0 radical (unpaired) electrons. The highest BCUT2D eigenvalue weighted by molar-refractivity contribution is 9.10. The van der Waals surface area contributed by atoms with Crippen LogP contribution in [0.2, 0.25) is 5.02 Å². The van der Waals surface area contributed by atoms with E-state index in [-0.39, 0.29) is 5.91 Å². The number of hydrogen-bond donors (Lipinski definition) is 1. The molecule has 1 amide bonds. The molecule has 4 aromatic rings. The van der Waals surface area contributed by atoms with Gasteiger partial charge in [-0.25, -0.2) is 0 Å². The second-order valence-electron chi connectivity index (χ2n) is 6.97. The molecule has 0 atom stereocenters. The van der Waals surface area contributed by atoms with Gasteiger partial charge < -0.3 is 5.32 Å². The van der Waals surface area contributed by atoms with Crippen LogP contribution in [0.4, 0.5) is 5.69 Å². The number of halogens is 2. The maximum absolute atomic E-state index is 12.6. The van der Waals surface area contributed by atoms with Crippen LogP contribution < -0.4 is 5.32 Å². The van der Waals surface area contributed by atoms with Crippen LogP contribution in [0.3, 0.4) is 0 Å². The third kappa shape index (κ3) is 4.66. The number of nitrogens with one attached hydrogen (secondary N) is 1. The number of carbonyl (C=O) groups is 1. The maximum atomic E-state index is 12.6. The van der Waals surface area contributed by atoms with Gasteiger partial charge in [-0.1, -0.05) is 39.7 Å². The van der Waals surface area contributed by atoms with E-state index < -0.39 is 0 Å². The quantitative estimate of drug-likeness (QED) is 0.376. The zero-order chi connectivity index (χ0) is 21.3. The fraction of sp³-hybridized carbons (Fsp3) is 0.190. The Bertz CT molecular complexity index is 1190. The van der Waals surface area contributed by atoms with Crippen LogP contribution in [0.5, 0.6) is 0 Å². The highest BCUT2D eigenvalue weighted by Gasteiger charge is 2.14. The lowest BCUT2D eigenvalue weighted by Gasteiger charge is -2.03. The van der Waals surface area contributed by atoms with Crippen molar-refractivity contribution in [3.8, 4) is 0 Å². The van der Waals surface area contributed by atoms with E-state index >= 15 is 0 Å². The molecule has 0 unspecified atom stereocenters. The van der Waals surface area contributed by atoms with E-state index in [9.17, 15) is 4.79 Å². The summed E-state index contributed by atoms with van der Waals surface area (Å²) in [6.07, 6.45) is 3.48. The van der Waals surface area contributed by atoms with Gasteiger partial charge in [-0.15, -0.1) is 11.3 Å². The van der Waals surface area contributed by atoms with Crippen LogP contribution in [0.1, 0.15) is 32.2 Å². The minimum absolute atomic E-state index is 0.152. The number of anilines is 1. The van der Waals surface area contributed by atoms with Crippen LogP contribution in [-0.2, 0) is 13.1 Å². The van der Waals surface area contributed by atoms with Gasteiger partial charge >= 0.3 is 0 Å². The molecule has 1 N–H and O–H groups in total. The van der Waals surface area contributed by atoms with Gasteiger partial charge in [0.2, 0.25) is 0 Å². The molecular formula is C21H19BrClN5OS. The Kier molecular flexibility index (Phi) is 6.08. The Labute approximate surface area is 191 Å². The highest BCUT2D eigenvalue weighted by Crippen LogP contribution is 2.22. The summed E-state index contributed by atoms with van der Waals surface area (Å²) in [5, 5.41) is 14.3. The first-order chi connectivity index (χ1) is 14.4. The first-order valence-corrected chi connectivity index (χ1v) is 11.3. The maximum Gasteiger partial charge on any atom is 0.265 e. The summed E-state index contributed by atoms with van der Waals surface area (Å²) in [4.78, 5) is 13.3. The third-order valence-electron chi connectivity index (χ3n) is 4.65. The molecule has 3 heterocycles. The standard InChI is InChI=1S/C21H19BrClN5OS/c1-13-20(23)14(2)28(26-13)10-16-7-19(30-12-16)21(29)25-18-8-24-27(11-18)9-15-3-5-17(22)6-4-15/h3-8,11-12H,9-10H2,1-2H3,(H,25,29). The molecule has 9 heteroatoms. The summed E-state index contributed by atoms with van der Waals surface area (Å²) in [6, 6.07) is 9.95. The predicted octanol–water partition coefficient (Wildman–Crippen LogP) is 5.52. The summed E-state index contributed by atoms with van der Waals surface area (Å²) in [5.41, 5.74) is 4.54. The fourth-order valence-corrected chi connectivity index (χ4v) is 4.26. The van der Waals surface area contributed by atoms with Gasteiger partial charge in [0.1, 0.15) is 0 Å². The average molecular weight is 505 g/mol. The van der Waals surface area contributed by atoms with Crippen molar-refractivity contribution in [3.05, 3.63) is 85.0 Å². The SMILES string of the molecule is Cc1nn(Cc2csc(C(=O)Nc3cnn(Cc4ccc(Br)cc4)c3)c2)c(C)c1Cl. The van der Waals surface area contributed by atoms with Gasteiger partial charge in [0, 0.05) is 10.7 Å². The first-order valence-electron chi connectivity index (χ1n) is 9.24. The van der Waals surface area contributed by atoms with Crippen LogP contribution in [-0.4, -0.2) is 25.5 Å². The van der Waals surface area contributed by atoms with Gasteiger partial charge in [0.25, 0.3) is 5.91 Å². The number of nitrogens with zero attached hydrogens (tertiary/aromatic N) is 4. The summed E-state index contributed by atoms with van der Waals surface area (Å²) in [6.45, 7) is 5.04. The molecule has 3 aromatic heterocycles. The number of benzene rings is 1. The van der Waals surface area contributed by atoms with E-state index in [0.717, 1.165) is 27.0 Å². The van der Waals surface area contributed by atoms with E-state index in [1.54, 1.807) is 10.9 Å². The minimum Gasteiger partial charge on any atom is -0.319 e. The second kappa shape index (κ2) is 8.75. The van der Waals surface area contributed by atoms with Crippen molar-refractivity contribution >= 4 is 50.5 Å². The molecule has 30 heavy (non-hydrogen) atoms. The molecular weight excluding hydrogens is 486 g/mol. The molecule has 0 fully saturated rings. The topological polar surface area (TPSA) is 64.7 Å². The number of thiophene rings is 1. The Morgan fingerprint density at radius 2 is 1.97 bits per heavy atom. The fourth-order valence-electron chi connectivity index (χ4n) is 3.06. The number of carbonyl (C=O) groups excluding carboxylic acids is 1. The lowest BCUT2D eigenvalue weighted by Crippen LogP contribution is -2.10. The van der Waals surface area contributed by atoms with Crippen LogP contribution in [0, 0.1) is 13.8 Å². The molecule has 4 rings (SSSR count). The third-order valence-corrected chi connectivity index (χ3v) is 6.71. The zero-order valence-electron chi connectivity index (χ0n) is 16.4. The first kappa shape index (κ1) is 20.8. The van der Waals surface area contributed by atoms with Crippen molar-refractivity contribution in [2.45, 2.75) is 26.9 Å². The minimum atomic E-state index is -0.152. The summed E-state index contributed by atoms with van der Waals surface area (Å²) in [5.74, 6) is -0.152. The van der Waals surface area contributed by atoms with Gasteiger partial charge in [0.15, 0.2) is 0 Å². The van der Waals surface area contributed by atoms with Crippen molar-refractivity contribution in [3.63, 3.8) is 0 Å². The van der Waals surface area contributed by atoms with E-state index in [1.807, 2.05) is 60.4 Å². The Morgan fingerprint density at radius 1 is 1.20 bits per heavy atom. The monoisotopic (exact) mass is 503 g/mol. The Morgan fingerprint density at radius 3 is 2.67 bits per heavy atom. The van der Waals surface area contributed by atoms with Crippen LogP contribution in [0.25, 0.3) is 0 Å². The summed E-state index contributed by atoms with van der Waals surface area (Å²) in [7, 11) is 0. The summed E-state index contributed by atoms with van der Waals surface area (Å²) >= 11 is 11.1.